The van der Waals surface area contributed by atoms with Crippen molar-refractivity contribution in [1.29, 1.82) is 0 Å². The highest BCUT2D eigenvalue weighted by Gasteiger charge is 2.15. The highest BCUT2D eigenvalue weighted by molar-refractivity contribution is 9.11. The molecule has 2 N–H and O–H groups in total. The van der Waals surface area contributed by atoms with Gasteiger partial charge >= 0.3 is 0 Å². The van der Waals surface area contributed by atoms with Crippen molar-refractivity contribution < 1.29 is 0 Å². The number of benzene rings is 1. The molecule has 104 valence electrons. The maximum atomic E-state index is 6.32. The number of para-hydroxylation sites is 2. The Labute approximate surface area is 130 Å². The highest BCUT2D eigenvalue weighted by atomic mass is 79.9. The van der Waals surface area contributed by atoms with Crippen LogP contribution in [0.2, 0.25) is 0 Å². The third-order valence-electron chi connectivity index (χ3n) is 3.47. The van der Waals surface area contributed by atoms with Gasteiger partial charge in [0.15, 0.2) is 0 Å². The van der Waals surface area contributed by atoms with E-state index < -0.39 is 0 Å². The van der Waals surface area contributed by atoms with Crippen molar-refractivity contribution in [2.75, 3.05) is 0 Å². The Morgan fingerprint density at radius 3 is 2.90 bits per heavy atom. The summed E-state index contributed by atoms with van der Waals surface area (Å²) in [5.74, 6) is 1.06. The van der Waals surface area contributed by atoms with Crippen molar-refractivity contribution in [1.82, 2.24) is 9.55 Å². The van der Waals surface area contributed by atoms with Crippen LogP contribution in [0, 0.1) is 0 Å². The minimum atomic E-state index is -0.0142. The summed E-state index contributed by atoms with van der Waals surface area (Å²) in [7, 11) is 0. The summed E-state index contributed by atoms with van der Waals surface area (Å²) < 4.78 is 3.36. The van der Waals surface area contributed by atoms with E-state index in [1.165, 1.54) is 5.52 Å². The van der Waals surface area contributed by atoms with Crippen LogP contribution in [0.5, 0.6) is 0 Å². The van der Waals surface area contributed by atoms with E-state index in [-0.39, 0.29) is 6.04 Å². The average molecular weight is 350 g/mol. The van der Waals surface area contributed by atoms with Crippen molar-refractivity contribution in [3.8, 4) is 0 Å². The van der Waals surface area contributed by atoms with Gasteiger partial charge in [-0.2, -0.15) is 0 Å². The second-order valence-corrected chi connectivity index (χ2v) is 7.05. The van der Waals surface area contributed by atoms with E-state index in [1.54, 1.807) is 11.3 Å². The molecule has 3 rings (SSSR count). The first kappa shape index (κ1) is 13.8. The molecule has 0 saturated carbocycles. The number of aromatic nitrogens is 2. The normalized spacial score (nSPS) is 12.9. The predicted octanol–water partition coefficient (Wildman–Crippen LogP) is 4.12. The molecule has 0 fully saturated rings. The molecule has 1 aromatic carbocycles. The molecule has 0 aliphatic heterocycles. The van der Waals surface area contributed by atoms with Gasteiger partial charge in [-0.05, 0) is 52.0 Å². The molecule has 0 bridgehead atoms. The summed E-state index contributed by atoms with van der Waals surface area (Å²) in [6, 6.07) is 10.3. The molecule has 1 atom stereocenters. The number of nitrogens with zero attached hydrogens (tertiary/aromatic N) is 2. The zero-order valence-corrected chi connectivity index (χ0v) is 13.6. The molecule has 3 aromatic rings. The topological polar surface area (TPSA) is 43.8 Å². The first-order chi connectivity index (χ1) is 9.69. The van der Waals surface area contributed by atoms with E-state index in [0.717, 1.165) is 33.7 Å². The van der Waals surface area contributed by atoms with Gasteiger partial charge in [-0.3, -0.25) is 0 Å². The first-order valence-corrected chi connectivity index (χ1v) is 8.30. The zero-order valence-electron chi connectivity index (χ0n) is 11.2. The lowest BCUT2D eigenvalue weighted by Crippen LogP contribution is -2.15. The quantitative estimate of drug-likeness (QED) is 0.769. The fourth-order valence-electron chi connectivity index (χ4n) is 2.47. The van der Waals surface area contributed by atoms with Crippen LogP contribution in [0.1, 0.15) is 24.4 Å². The Balaban J connectivity index is 1.94. The van der Waals surface area contributed by atoms with Crippen molar-refractivity contribution in [2.24, 2.45) is 5.73 Å². The fourth-order valence-corrected chi connectivity index (χ4v) is 3.71. The van der Waals surface area contributed by atoms with Crippen molar-refractivity contribution in [3.05, 3.63) is 50.9 Å². The van der Waals surface area contributed by atoms with Crippen LogP contribution in [0.15, 0.2) is 39.5 Å². The summed E-state index contributed by atoms with van der Waals surface area (Å²) in [6.07, 6.45) is 0.756. The molecular weight excluding hydrogens is 334 g/mol. The lowest BCUT2D eigenvalue weighted by atomic mass is 10.1. The predicted molar refractivity (Wildman–Crippen MR) is 88.1 cm³/mol. The van der Waals surface area contributed by atoms with E-state index in [2.05, 4.69) is 57.1 Å². The first-order valence-electron chi connectivity index (χ1n) is 6.62. The second-order valence-electron chi connectivity index (χ2n) is 4.76. The Kier molecular flexibility index (Phi) is 3.92. The molecule has 0 spiro atoms. The van der Waals surface area contributed by atoms with Gasteiger partial charge < -0.3 is 10.3 Å². The Morgan fingerprint density at radius 1 is 1.40 bits per heavy atom. The molecule has 2 aromatic heterocycles. The largest absolute Gasteiger partial charge is 0.328 e. The number of hydrogen-bond acceptors (Lipinski definition) is 3. The summed E-state index contributed by atoms with van der Waals surface area (Å²) in [6.45, 7) is 3.06. The summed E-state index contributed by atoms with van der Waals surface area (Å²) >= 11 is 5.15. The lowest BCUT2D eigenvalue weighted by Gasteiger charge is -2.11. The number of aryl methyl sites for hydroxylation is 1. The van der Waals surface area contributed by atoms with E-state index >= 15 is 0 Å². The molecule has 0 aliphatic carbocycles. The molecule has 20 heavy (non-hydrogen) atoms. The maximum absolute atomic E-state index is 6.32. The van der Waals surface area contributed by atoms with Crippen LogP contribution in [-0.4, -0.2) is 9.55 Å². The van der Waals surface area contributed by atoms with Gasteiger partial charge in [0.2, 0.25) is 0 Å². The van der Waals surface area contributed by atoms with Gasteiger partial charge in [0, 0.05) is 19.0 Å². The van der Waals surface area contributed by atoms with Gasteiger partial charge in [-0.25, -0.2) is 4.98 Å². The molecule has 0 radical (unpaired) electrons. The molecule has 3 nitrogen and oxygen atoms in total. The minimum absolute atomic E-state index is 0.0142. The number of imidazole rings is 1. The number of nitrogens with two attached hydrogens (primary N) is 1. The van der Waals surface area contributed by atoms with Crippen LogP contribution in [0.25, 0.3) is 11.0 Å². The molecule has 0 saturated heterocycles. The van der Waals surface area contributed by atoms with Gasteiger partial charge in [-0.1, -0.05) is 12.1 Å². The van der Waals surface area contributed by atoms with Crippen molar-refractivity contribution in [2.45, 2.75) is 25.9 Å². The van der Waals surface area contributed by atoms with E-state index in [4.69, 9.17) is 10.7 Å². The van der Waals surface area contributed by atoms with E-state index in [1.807, 2.05) is 6.07 Å². The molecule has 5 heteroatoms. The van der Waals surface area contributed by atoms with Gasteiger partial charge in [0.05, 0.1) is 14.8 Å². The summed E-state index contributed by atoms with van der Waals surface area (Å²) in [5, 5.41) is 2.10. The molecule has 1 unspecified atom stereocenters. The molecular formula is C15H16BrN3S. The minimum Gasteiger partial charge on any atom is -0.328 e. The lowest BCUT2D eigenvalue weighted by molar-refractivity contribution is 0.638. The van der Waals surface area contributed by atoms with Crippen LogP contribution < -0.4 is 5.73 Å². The number of fused-ring (bicyclic) bond motifs is 1. The second kappa shape index (κ2) is 5.68. The van der Waals surface area contributed by atoms with Crippen molar-refractivity contribution in [3.63, 3.8) is 0 Å². The highest BCUT2D eigenvalue weighted by Crippen LogP contribution is 2.27. The smallest absolute Gasteiger partial charge is 0.111 e. The van der Waals surface area contributed by atoms with Crippen LogP contribution in [0.3, 0.4) is 0 Å². The molecule has 2 heterocycles. The standard InChI is InChI=1S/C15H16BrN3S/c1-2-19-13-6-4-3-5-12(13)18-15(19)8-11(17)10-7-14(16)20-9-10/h3-7,9,11H,2,8,17H2,1H3. The Bertz CT molecular complexity index is 732. The number of thiophene rings is 1. The van der Waals surface area contributed by atoms with Crippen LogP contribution in [-0.2, 0) is 13.0 Å². The van der Waals surface area contributed by atoms with E-state index in [9.17, 15) is 0 Å². The number of rotatable bonds is 4. The van der Waals surface area contributed by atoms with Gasteiger partial charge in [-0.15, -0.1) is 11.3 Å². The Morgan fingerprint density at radius 2 is 2.20 bits per heavy atom. The zero-order chi connectivity index (χ0) is 14.1. The van der Waals surface area contributed by atoms with Gasteiger partial charge in [0.1, 0.15) is 5.82 Å². The number of hydrogen-bond donors (Lipinski definition) is 1. The third kappa shape index (κ3) is 2.53. The van der Waals surface area contributed by atoms with Crippen LogP contribution >= 0.6 is 27.3 Å². The summed E-state index contributed by atoms with van der Waals surface area (Å²) in [4.78, 5) is 4.73. The van der Waals surface area contributed by atoms with Crippen molar-refractivity contribution >= 4 is 38.3 Å². The maximum Gasteiger partial charge on any atom is 0.111 e. The molecule has 0 aliphatic rings. The number of halogens is 1. The summed E-state index contributed by atoms with van der Waals surface area (Å²) in [5.41, 5.74) is 9.71. The average Bonchev–Trinajstić information content (AvgIpc) is 3.01. The van der Waals surface area contributed by atoms with Crippen LogP contribution in [0.4, 0.5) is 0 Å². The third-order valence-corrected chi connectivity index (χ3v) is 4.99. The van der Waals surface area contributed by atoms with Gasteiger partial charge in [0.25, 0.3) is 0 Å². The fraction of sp³-hybridized carbons (Fsp3) is 0.267. The Hall–Kier alpha value is -1.17. The SMILES string of the molecule is CCn1c(CC(N)c2csc(Br)c2)nc2ccccc21. The monoisotopic (exact) mass is 349 g/mol. The van der Waals surface area contributed by atoms with E-state index in [0.29, 0.717) is 0 Å². The molecule has 0 amide bonds.